The van der Waals surface area contributed by atoms with Gasteiger partial charge >= 0.3 is 0 Å². The number of nitrogens with one attached hydrogen (secondary N) is 1. The van der Waals surface area contributed by atoms with E-state index in [-0.39, 0.29) is 28.4 Å². The maximum absolute atomic E-state index is 11.9. The number of nitro benzene ring substituents is 1. The molecule has 0 heterocycles. The van der Waals surface area contributed by atoms with Crippen LogP contribution in [0.25, 0.3) is 0 Å². The fourth-order valence-electron chi connectivity index (χ4n) is 1.77. The van der Waals surface area contributed by atoms with Gasteiger partial charge in [0.05, 0.1) is 21.6 Å². The summed E-state index contributed by atoms with van der Waals surface area (Å²) in [4.78, 5) is 21.9. The highest BCUT2D eigenvalue weighted by Gasteiger charge is 2.29. The van der Waals surface area contributed by atoms with Crippen LogP contribution in [0.3, 0.4) is 0 Å². The van der Waals surface area contributed by atoms with Crippen LogP contribution < -0.4 is 5.32 Å². The largest absolute Gasteiger partial charge is 0.393 e. The van der Waals surface area contributed by atoms with Crippen molar-refractivity contribution in [3.05, 3.63) is 38.9 Å². The lowest BCUT2D eigenvalue weighted by Gasteiger charge is -2.31. The van der Waals surface area contributed by atoms with E-state index >= 15 is 0 Å². The summed E-state index contributed by atoms with van der Waals surface area (Å²) in [5, 5.41) is 22.6. The van der Waals surface area contributed by atoms with Crippen molar-refractivity contribution < 1.29 is 14.8 Å². The van der Waals surface area contributed by atoms with Crippen LogP contribution in [-0.4, -0.2) is 28.1 Å². The lowest BCUT2D eigenvalue weighted by Crippen LogP contribution is -2.46. The number of benzene rings is 1. The fourth-order valence-corrected chi connectivity index (χ4v) is 1.97. The Kier molecular flexibility index (Phi) is 3.49. The van der Waals surface area contributed by atoms with Crippen LogP contribution in [0.5, 0.6) is 0 Å². The first kappa shape index (κ1) is 12.8. The molecule has 0 spiro atoms. The molecule has 0 aliphatic heterocycles. The van der Waals surface area contributed by atoms with Crippen LogP contribution in [0.15, 0.2) is 18.2 Å². The zero-order chi connectivity index (χ0) is 13.3. The molecule has 6 nitrogen and oxygen atoms in total. The number of aliphatic hydroxyl groups is 1. The van der Waals surface area contributed by atoms with Gasteiger partial charge in [-0.25, -0.2) is 0 Å². The van der Waals surface area contributed by atoms with Gasteiger partial charge in [0.1, 0.15) is 0 Å². The van der Waals surface area contributed by atoms with Crippen LogP contribution in [-0.2, 0) is 0 Å². The molecular formula is C11H11ClN2O4. The lowest BCUT2D eigenvalue weighted by molar-refractivity contribution is -0.384. The van der Waals surface area contributed by atoms with Gasteiger partial charge in [0.15, 0.2) is 0 Å². The third-order valence-corrected chi connectivity index (χ3v) is 3.18. The number of amides is 1. The number of nitro groups is 1. The molecule has 1 aliphatic carbocycles. The standard InChI is InChI=1S/C11H11ClN2O4/c12-10-2-1-7(14(17)18)5-9(10)11(16)13-6-3-8(15)4-6/h1-2,5-6,8,15H,3-4H2,(H,13,16). The Morgan fingerprint density at radius 3 is 2.72 bits per heavy atom. The van der Waals surface area contributed by atoms with Gasteiger partial charge in [-0.15, -0.1) is 0 Å². The summed E-state index contributed by atoms with van der Waals surface area (Å²) in [5.41, 5.74) is -0.106. The first-order valence-electron chi connectivity index (χ1n) is 5.40. The highest BCUT2D eigenvalue weighted by atomic mass is 35.5. The van der Waals surface area contributed by atoms with E-state index in [9.17, 15) is 14.9 Å². The van der Waals surface area contributed by atoms with Gasteiger partial charge in [0.2, 0.25) is 0 Å². The molecule has 0 aromatic heterocycles. The monoisotopic (exact) mass is 270 g/mol. The number of nitrogens with zero attached hydrogens (tertiary/aromatic N) is 1. The summed E-state index contributed by atoms with van der Waals surface area (Å²) in [5.74, 6) is -0.458. The molecule has 18 heavy (non-hydrogen) atoms. The Labute approximate surface area is 108 Å². The van der Waals surface area contributed by atoms with Crippen molar-refractivity contribution in [2.24, 2.45) is 0 Å². The van der Waals surface area contributed by atoms with E-state index in [2.05, 4.69) is 5.32 Å². The second-order valence-corrected chi connectivity index (χ2v) is 4.62. The third-order valence-electron chi connectivity index (χ3n) is 2.85. The van der Waals surface area contributed by atoms with Gasteiger partial charge in [0, 0.05) is 18.2 Å². The van der Waals surface area contributed by atoms with E-state index in [1.54, 1.807) is 0 Å². The Morgan fingerprint density at radius 2 is 2.17 bits per heavy atom. The van der Waals surface area contributed by atoms with Crippen molar-refractivity contribution in [1.29, 1.82) is 0 Å². The van der Waals surface area contributed by atoms with E-state index in [1.165, 1.54) is 12.1 Å². The fraction of sp³-hybridized carbons (Fsp3) is 0.364. The highest BCUT2D eigenvalue weighted by molar-refractivity contribution is 6.33. The molecule has 0 saturated heterocycles. The number of aliphatic hydroxyl groups excluding tert-OH is 1. The molecule has 0 unspecified atom stereocenters. The van der Waals surface area contributed by atoms with E-state index in [1.807, 2.05) is 0 Å². The van der Waals surface area contributed by atoms with Gasteiger partial charge in [-0.1, -0.05) is 11.6 Å². The average molecular weight is 271 g/mol. The second-order valence-electron chi connectivity index (χ2n) is 4.22. The van der Waals surface area contributed by atoms with Crippen molar-refractivity contribution in [2.45, 2.75) is 25.0 Å². The molecule has 0 bridgehead atoms. The van der Waals surface area contributed by atoms with Crippen molar-refractivity contribution in [3.63, 3.8) is 0 Å². The molecule has 96 valence electrons. The Bertz CT molecular complexity index is 500. The molecule has 1 aromatic carbocycles. The van der Waals surface area contributed by atoms with E-state index in [0.717, 1.165) is 6.07 Å². The molecule has 7 heteroatoms. The quantitative estimate of drug-likeness (QED) is 0.643. The predicted octanol–water partition coefficient (Wildman–Crippen LogP) is 1.50. The minimum absolute atomic E-state index is 0.0762. The average Bonchev–Trinajstić information content (AvgIpc) is 2.27. The van der Waals surface area contributed by atoms with E-state index in [0.29, 0.717) is 12.8 Å². The van der Waals surface area contributed by atoms with Crippen molar-refractivity contribution >= 4 is 23.2 Å². The SMILES string of the molecule is O=C(NC1CC(O)C1)c1cc([N+](=O)[O-])ccc1Cl. The van der Waals surface area contributed by atoms with Crippen LogP contribution in [0.2, 0.25) is 5.02 Å². The Balaban J connectivity index is 2.13. The van der Waals surface area contributed by atoms with Crippen LogP contribution in [0.4, 0.5) is 5.69 Å². The molecule has 0 radical (unpaired) electrons. The number of hydrogen-bond donors (Lipinski definition) is 2. The maximum atomic E-state index is 11.9. The number of carbonyl (C=O) groups excluding carboxylic acids is 1. The zero-order valence-corrected chi connectivity index (χ0v) is 10.1. The highest BCUT2D eigenvalue weighted by Crippen LogP contribution is 2.24. The lowest BCUT2D eigenvalue weighted by atomic mass is 9.89. The summed E-state index contributed by atoms with van der Waals surface area (Å²) >= 11 is 5.84. The summed E-state index contributed by atoms with van der Waals surface area (Å²) < 4.78 is 0. The summed E-state index contributed by atoms with van der Waals surface area (Å²) in [6.07, 6.45) is 0.618. The van der Waals surface area contributed by atoms with Crippen molar-refractivity contribution in [2.75, 3.05) is 0 Å². The number of halogens is 1. The van der Waals surface area contributed by atoms with Gasteiger partial charge in [-0.3, -0.25) is 14.9 Å². The van der Waals surface area contributed by atoms with Crippen molar-refractivity contribution in [1.82, 2.24) is 5.32 Å². The smallest absolute Gasteiger partial charge is 0.270 e. The van der Waals surface area contributed by atoms with Crippen molar-refractivity contribution in [3.8, 4) is 0 Å². The molecule has 1 amide bonds. The maximum Gasteiger partial charge on any atom is 0.270 e. The third kappa shape index (κ3) is 2.60. The Morgan fingerprint density at radius 1 is 1.50 bits per heavy atom. The minimum atomic E-state index is -0.583. The van der Waals surface area contributed by atoms with Crippen LogP contribution in [0.1, 0.15) is 23.2 Å². The van der Waals surface area contributed by atoms with E-state index < -0.39 is 10.8 Å². The predicted molar refractivity (Wildman–Crippen MR) is 64.6 cm³/mol. The van der Waals surface area contributed by atoms with Gasteiger partial charge in [-0.05, 0) is 18.9 Å². The topological polar surface area (TPSA) is 92.5 Å². The van der Waals surface area contributed by atoms with Crippen LogP contribution in [0, 0.1) is 10.1 Å². The Hall–Kier alpha value is -1.66. The normalized spacial score (nSPS) is 22.1. The molecule has 1 fully saturated rings. The number of carbonyl (C=O) groups is 1. The molecule has 1 saturated carbocycles. The van der Waals surface area contributed by atoms with E-state index in [4.69, 9.17) is 16.7 Å². The molecular weight excluding hydrogens is 260 g/mol. The summed E-state index contributed by atoms with van der Waals surface area (Å²) in [6, 6.07) is 3.62. The van der Waals surface area contributed by atoms with Gasteiger partial charge in [-0.2, -0.15) is 0 Å². The second kappa shape index (κ2) is 4.91. The molecule has 2 N–H and O–H groups in total. The molecule has 2 rings (SSSR count). The first-order valence-corrected chi connectivity index (χ1v) is 5.78. The molecule has 0 atom stereocenters. The van der Waals surface area contributed by atoms with Crippen LogP contribution >= 0.6 is 11.6 Å². The minimum Gasteiger partial charge on any atom is -0.393 e. The molecule has 1 aliphatic rings. The zero-order valence-electron chi connectivity index (χ0n) is 9.30. The summed E-state index contributed by atoms with van der Waals surface area (Å²) in [7, 11) is 0. The first-order chi connectivity index (χ1) is 8.47. The van der Waals surface area contributed by atoms with Gasteiger partial charge < -0.3 is 10.4 Å². The number of rotatable bonds is 3. The molecule has 1 aromatic rings. The number of hydrogen-bond acceptors (Lipinski definition) is 4. The number of non-ortho nitro benzene ring substituents is 1. The summed E-state index contributed by atoms with van der Waals surface area (Å²) in [6.45, 7) is 0. The van der Waals surface area contributed by atoms with Gasteiger partial charge in [0.25, 0.3) is 11.6 Å².